The monoisotopic (exact) mass is 168 g/mol. The Balaban J connectivity index is 2.37. The topological polar surface area (TPSA) is 26.2 Å². The van der Waals surface area contributed by atoms with Gasteiger partial charge >= 0.3 is 0 Å². The summed E-state index contributed by atoms with van der Waals surface area (Å²) in [5.41, 5.74) is 3.30. The van der Waals surface area contributed by atoms with Gasteiger partial charge in [0.1, 0.15) is 0 Å². The minimum Gasteiger partial charge on any atom is -0.382 e. The molecule has 0 radical (unpaired) electrons. The number of ether oxygens (including phenoxy) is 1. The second-order valence-electron chi connectivity index (χ2n) is 2.78. The van der Waals surface area contributed by atoms with E-state index in [0.717, 1.165) is 13.0 Å². The lowest BCUT2D eigenvalue weighted by molar-refractivity contribution is 0.180. The van der Waals surface area contributed by atoms with Gasteiger partial charge < -0.3 is 10.2 Å². The number of rotatable bonds is 5. The maximum atomic E-state index is 5.07. The van der Waals surface area contributed by atoms with E-state index in [1.807, 2.05) is 29.2 Å². The van der Waals surface area contributed by atoms with Crippen molar-refractivity contribution in [3.8, 4) is 0 Å². The van der Waals surface area contributed by atoms with Gasteiger partial charge in [-0.1, -0.05) is 6.92 Å². The largest absolute Gasteiger partial charge is 0.382 e. The number of aromatic nitrogens is 1. The van der Waals surface area contributed by atoms with Gasteiger partial charge in [-0.05, 0) is 18.6 Å². The molecule has 12 heavy (non-hydrogen) atoms. The van der Waals surface area contributed by atoms with Crippen molar-refractivity contribution in [3.05, 3.63) is 24.5 Å². The summed E-state index contributed by atoms with van der Waals surface area (Å²) in [4.78, 5) is 0. The van der Waals surface area contributed by atoms with E-state index >= 15 is 0 Å². The smallest absolute Gasteiger partial charge is 0.0679 e. The molecule has 0 saturated carbocycles. The maximum absolute atomic E-state index is 5.07. The van der Waals surface area contributed by atoms with Gasteiger partial charge in [-0.15, -0.1) is 0 Å². The molecular weight excluding hydrogens is 152 g/mol. The van der Waals surface area contributed by atoms with Gasteiger partial charge in [0.15, 0.2) is 0 Å². The number of nitrogens with one attached hydrogen (secondary N) is 1. The van der Waals surface area contributed by atoms with E-state index in [9.17, 15) is 0 Å². The molecule has 1 rings (SSSR count). The first-order chi connectivity index (χ1) is 5.86. The molecule has 0 aliphatic rings. The summed E-state index contributed by atoms with van der Waals surface area (Å²) in [6.45, 7) is 2.88. The first-order valence-corrected chi connectivity index (χ1v) is 4.25. The van der Waals surface area contributed by atoms with E-state index in [4.69, 9.17) is 4.74 Å². The predicted molar refractivity (Wildman–Crippen MR) is 49.7 cm³/mol. The fourth-order valence-corrected chi connectivity index (χ4v) is 1.08. The van der Waals surface area contributed by atoms with E-state index in [2.05, 4.69) is 12.3 Å². The fraction of sp³-hybridized carbons (Fsp3) is 0.556. The van der Waals surface area contributed by atoms with Crippen molar-refractivity contribution in [2.24, 2.45) is 0 Å². The Bertz CT molecular complexity index is 196. The summed E-state index contributed by atoms with van der Waals surface area (Å²) in [6.07, 6.45) is 5.03. The number of hydrogen-bond acceptors (Lipinski definition) is 2. The van der Waals surface area contributed by atoms with Gasteiger partial charge in [0.05, 0.1) is 12.6 Å². The summed E-state index contributed by atoms with van der Waals surface area (Å²) >= 11 is 0. The Morgan fingerprint density at radius 3 is 2.58 bits per heavy atom. The zero-order chi connectivity index (χ0) is 8.81. The molecule has 3 heteroatoms. The average Bonchev–Trinajstić information content (AvgIpc) is 2.56. The van der Waals surface area contributed by atoms with Crippen molar-refractivity contribution in [3.63, 3.8) is 0 Å². The summed E-state index contributed by atoms with van der Waals surface area (Å²) in [5.74, 6) is 0. The van der Waals surface area contributed by atoms with Gasteiger partial charge in [-0.3, -0.25) is 4.68 Å². The number of methoxy groups -OCH3 is 1. The molecule has 68 valence electrons. The van der Waals surface area contributed by atoms with Crippen molar-refractivity contribution in [2.75, 3.05) is 19.1 Å². The van der Waals surface area contributed by atoms with E-state index in [-0.39, 0.29) is 0 Å². The summed E-state index contributed by atoms with van der Waals surface area (Å²) in [7, 11) is 1.72. The predicted octanol–water partition coefficient (Wildman–Crippen LogP) is 1.46. The first-order valence-electron chi connectivity index (χ1n) is 4.25. The highest BCUT2D eigenvalue weighted by Crippen LogP contribution is 1.95. The van der Waals surface area contributed by atoms with Crippen LogP contribution in [-0.2, 0) is 4.74 Å². The third-order valence-electron chi connectivity index (χ3n) is 1.80. The molecule has 0 saturated heterocycles. The zero-order valence-corrected chi connectivity index (χ0v) is 7.66. The Hall–Kier alpha value is -0.960. The summed E-state index contributed by atoms with van der Waals surface area (Å²) < 4.78 is 7.02. The Morgan fingerprint density at radius 2 is 2.08 bits per heavy atom. The second kappa shape index (κ2) is 4.83. The van der Waals surface area contributed by atoms with Crippen LogP contribution in [0.2, 0.25) is 0 Å². The van der Waals surface area contributed by atoms with Gasteiger partial charge in [0.2, 0.25) is 0 Å². The lowest BCUT2D eigenvalue weighted by atomic mass is 10.2. The van der Waals surface area contributed by atoms with E-state index in [1.54, 1.807) is 7.11 Å². The molecule has 3 nitrogen and oxygen atoms in total. The molecule has 0 spiro atoms. The summed E-state index contributed by atoms with van der Waals surface area (Å²) in [6, 6.07) is 4.38. The maximum Gasteiger partial charge on any atom is 0.0679 e. The van der Waals surface area contributed by atoms with E-state index in [1.165, 1.54) is 0 Å². The van der Waals surface area contributed by atoms with Crippen molar-refractivity contribution in [1.82, 2.24) is 4.68 Å². The molecule has 1 unspecified atom stereocenters. The van der Waals surface area contributed by atoms with Gasteiger partial charge in [0.25, 0.3) is 0 Å². The number of nitrogens with zero attached hydrogens (tertiary/aromatic N) is 1. The second-order valence-corrected chi connectivity index (χ2v) is 2.78. The van der Waals surface area contributed by atoms with Crippen molar-refractivity contribution >= 4 is 0 Å². The van der Waals surface area contributed by atoms with Gasteiger partial charge in [0, 0.05) is 19.5 Å². The lowest BCUT2D eigenvalue weighted by Crippen LogP contribution is -2.30. The Labute approximate surface area is 73.3 Å². The lowest BCUT2D eigenvalue weighted by Gasteiger charge is -2.17. The van der Waals surface area contributed by atoms with Crippen LogP contribution in [-0.4, -0.2) is 24.4 Å². The molecule has 0 aliphatic heterocycles. The third-order valence-corrected chi connectivity index (χ3v) is 1.80. The van der Waals surface area contributed by atoms with Crippen LogP contribution < -0.4 is 5.43 Å². The third kappa shape index (κ3) is 2.58. The molecule has 1 aromatic rings. The molecule has 0 amide bonds. The number of hydrogen-bond donors (Lipinski definition) is 1. The highest BCUT2D eigenvalue weighted by Gasteiger charge is 2.03. The highest BCUT2D eigenvalue weighted by molar-refractivity contribution is 4.95. The van der Waals surface area contributed by atoms with Crippen LogP contribution in [0, 0.1) is 0 Å². The molecule has 1 N–H and O–H groups in total. The van der Waals surface area contributed by atoms with Crippen LogP contribution >= 0.6 is 0 Å². The minimum atomic E-state index is 0.391. The normalized spacial score (nSPS) is 12.8. The van der Waals surface area contributed by atoms with Crippen molar-refractivity contribution in [1.29, 1.82) is 0 Å². The van der Waals surface area contributed by atoms with E-state index < -0.39 is 0 Å². The van der Waals surface area contributed by atoms with Crippen LogP contribution in [0.3, 0.4) is 0 Å². The molecule has 0 bridgehead atoms. The van der Waals surface area contributed by atoms with Gasteiger partial charge in [-0.2, -0.15) is 0 Å². The minimum absolute atomic E-state index is 0.391. The first kappa shape index (κ1) is 9.13. The molecule has 1 atom stereocenters. The molecule has 1 aromatic heterocycles. The molecular formula is C9H16N2O. The van der Waals surface area contributed by atoms with Crippen LogP contribution in [0.25, 0.3) is 0 Å². The Morgan fingerprint density at radius 1 is 1.42 bits per heavy atom. The molecule has 0 fully saturated rings. The zero-order valence-electron chi connectivity index (χ0n) is 7.66. The quantitative estimate of drug-likeness (QED) is 0.720. The molecule has 0 aromatic carbocycles. The van der Waals surface area contributed by atoms with E-state index in [0.29, 0.717) is 6.04 Å². The van der Waals surface area contributed by atoms with Crippen LogP contribution in [0.4, 0.5) is 0 Å². The van der Waals surface area contributed by atoms with Crippen molar-refractivity contribution < 1.29 is 4.74 Å². The fourth-order valence-electron chi connectivity index (χ4n) is 1.08. The van der Waals surface area contributed by atoms with Crippen LogP contribution in [0.1, 0.15) is 13.3 Å². The molecule has 0 aliphatic carbocycles. The van der Waals surface area contributed by atoms with Crippen molar-refractivity contribution in [2.45, 2.75) is 19.4 Å². The van der Waals surface area contributed by atoms with Gasteiger partial charge in [-0.25, -0.2) is 0 Å². The average molecular weight is 168 g/mol. The SMILES string of the molecule is CCC(COC)Nn1cccc1. The summed E-state index contributed by atoms with van der Waals surface area (Å²) in [5, 5.41) is 0. The highest BCUT2D eigenvalue weighted by atomic mass is 16.5. The van der Waals surface area contributed by atoms with Crippen LogP contribution in [0.5, 0.6) is 0 Å². The standard InChI is InChI=1S/C9H16N2O/c1-3-9(8-12-2)10-11-6-4-5-7-11/h4-7,9-10H,3,8H2,1-2H3. The van der Waals surface area contributed by atoms with Crippen LogP contribution in [0.15, 0.2) is 24.5 Å². The molecule has 1 heterocycles. The Kier molecular flexibility index (Phi) is 3.67.